The van der Waals surface area contributed by atoms with Crippen LogP contribution in [0, 0.1) is 22.7 Å². The second-order valence-electron chi connectivity index (χ2n) is 5.06. The normalized spacial score (nSPS) is 12.7. The number of halogens is 1. The maximum absolute atomic E-state index is 9.54. The maximum Gasteiger partial charge on any atom is 0.231 e. The summed E-state index contributed by atoms with van der Waals surface area (Å²) in [6.07, 6.45) is 1.58. The molecule has 0 radical (unpaired) electrons. The highest BCUT2D eigenvalue weighted by Gasteiger charge is 2.20. The van der Waals surface area contributed by atoms with Crippen LogP contribution in [0.4, 0.5) is 5.82 Å². The third-order valence-electron chi connectivity index (χ3n) is 3.58. The molecule has 2 heterocycles. The van der Waals surface area contributed by atoms with Crippen molar-refractivity contribution in [2.45, 2.75) is 6.54 Å². The lowest BCUT2D eigenvalue weighted by atomic mass is 10.1. The lowest BCUT2D eigenvalue weighted by molar-refractivity contribution is 0.174. The number of nitrogens with two attached hydrogens (primary N) is 1. The molecule has 0 fully saturated rings. The number of allylic oxidation sites excluding steroid dienone is 1. The van der Waals surface area contributed by atoms with Gasteiger partial charge in [0.05, 0.1) is 18.7 Å². The fourth-order valence-electron chi connectivity index (χ4n) is 2.39. The lowest BCUT2D eigenvalue weighted by Gasteiger charge is -2.03. The van der Waals surface area contributed by atoms with Gasteiger partial charge in [-0.05, 0) is 23.8 Å². The second kappa shape index (κ2) is 6.85. The van der Waals surface area contributed by atoms with Crippen molar-refractivity contribution in [1.82, 2.24) is 9.78 Å². The molecule has 3 N–H and O–H groups in total. The van der Waals surface area contributed by atoms with Crippen molar-refractivity contribution in [3.63, 3.8) is 0 Å². The Kier molecular flexibility index (Phi) is 4.61. The summed E-state index contributed by atoms with van der Waals surface area (Å²) in [7, 11) is 0. The zero-order valence-electron chi connectivity index (χ0n) is 12.9. The van der Waals surface area contributed by atoms with Gasteiger partial charge in [-0.25, -0.2) is 4.68 Å². The third-order valence-corrected chi connectivity index (χ3v) is 4.27. The summed E-state index contributed by atoms with van der Waals surface area (Å²) in [4.78, 5) is 0. The summed E-state index contributed by atoms with van der Waals surface area (Å²) in [5, 5.41) is 32.1. The van der Waals surface area contributed by atoms with E-state index < -0.39 is 0 Å². The van der Waals surface area contributed by atoms with Gasteiger partial charge in [-0.1, -0.05) is 15.9 Å². The molecule has 0 aliphatic carbocycles. The monoisotopic (exact) mass is 401 g/mol. The van der Waals surface area contributed by atoms with E-state index in [1.54, 1.807) is 18.2 Å². The number of benzene rings is 1. The fourth-order valence-corrected chi connectivity index (χ4v) is 2.83. The van der Waals surface area contributed by atoms with E-state index in [-0.39, 0.29) is 42.6 Å². The Morgan fingerprint density at radius 2 is 2.12 bits per heavy atom. The van der Waals surface area contributed by atoms with Gasteiger partial charge >= 0.3 is 0 Å². The van der Waals surface area contributed by atoms with Gasteiger partial charge in [0.2, 0.25) is 6.79 Å². The highest BCUT2D eigenvalue weighted by molar-refractivity contribution is 9.10. The van der Waals surface area contributed by atoms with Crippen LogP contribution in [-0.4, -0.2) is 28.3 Å². The number of nitriles is 2. The fraction of sp³-hybridized carbons (Fsp3) is 0.188. The molecule has 9 heteroatoms. The Hall–Kier alpha value is -3.01. The van der Waals surface area contributed by atoms with Crippen molar-refractivity contribution in [2.75, 3.05) is 19.1 Å². The molecule has 0 unspecified atom stereocenters. The molecule has 2 aromatic rings. The Balaban J connectivity index is 2.10. The third kappa shape index (κ3) is 3.03. The predicted octanol–water partition coefficient (Wildman–Crippen LogP) is 1.88. The molecule has 0 amide bonds. The van der Waals surface area contributed by atoms with Gasteiger partial charge in [0.1, 0.15) is 29.2 Å². The van der Waals surface area contributed by atoms with Crippen LogP contribution in [0.5, 0.6) is 11.5 Å². The van der Waals surface area contributed by atoms with Crippen molar-refractivity contribution in [1.29, 1.82) is 10.5 Å². The molecule has 1 aromatic heterocycles. The largest absolute Gasteiger partial charge is 0.454 e. The van der Waals surface area contributed by atoms with Crippen LogP contribution < -0.4 is 15.2 Å². The lowest BCUT2D eigenvalue weighted by Crippen LogP contribution is -2.07. The quantitative estimate of drug-likeness (QED) is 0.747. The van der Waals surface area contributed by atoms with Gasteiger partial charge in [0, 0.05) is 4.47 Å². The van der Waals surface area contributed by atoms with E-state index in [2.05, 4.69) is 21.0 Å². The van der Waals surface area contributed by atoms with E-state index in [4.69, 9.17) is 20.3 Å². The molecule has 0 saturated heterocycles. The average Bonchev–Trinajstić information content (AvgIpc) is 3.17. The number of hydrogen-bond donors (Lipinski definition) is 2. The maximum atomic E-state index is 9.54. The van der Waals surface area contributed by atoms with E-state index in [9.17, 15) is 10.5 Å². The molecule has 0 saturated carbocycles. The number of fused-ring (bicyclic) bond motifs is 1. The SMILES string of the molecule is N#CC(=Cc1cc2c(cc1Br)OCO2)c1nn(CCO)c(N)c1C#N. The van der Waals surface area contributed by atoms with Crippen LogP contribution in [0.3, 0.4) is 0 Å². The van der Waals surface area contributed by atoms with Gasteiger partial charge in [0.15, 0.2) is 11.5 Å². The minimum atomic E-state index is -0.185. The zero-order valence-corrected chi connectivity index (χ0v) is 14.4. The van der Waals surface area contributed by atoms with E-state index in [0.717, 1.165) is 0 Å². The zero-order chi connectivity index (χ0) is 18.0. The Morgan fingerprint density at radius 1 is 1.40 bits per heavy atom. The summed E-state index contributed by atoms with van der Waals surface area (Å²) in [5.74, 6) is 1.28. The second-order valence-corrected chi connectivity index (χ2v) is 5.92. The number of anilines is 1. The number of nitrogens with zero attached hydrogens (tertiary/aromatic N) is 4. The molecule has 1 aliphatic heterocycles. The van der Waals surface area contributed by atoms with Crippen LogP contribution in [0.25, 0.3) is 11.6 Å². The van der Waals surface area contributed by atoms with Crippen molar-refractivity contribution in [3.8, 4) is 23.6 Å². The van der Waals surface area contributed by atoms with Crippen molar-refractivity contribution < 1.29 is 14.6 Å². The van der Waals surface area contributed by atoms with Gasteiger partial charge < -0.3 is 20.3 Å². The van der Waals surface area contributed by atoms with Gasteiger partial charge in [0.25, 0.3) is 0 Å². The number of aromatic nitrogens is 2. The highest BCUT2D eigenvalue weighted by Crippen LogP contribution is 2.38. The first-order valence-corrected chi connectivity index (χ1v) is 7.97. The first-order chi connectivity index (χ1) is 12.1. The summed E-state index contributed by atoms with van der Waals surface area (Å²) >= 11 is 3.42. The molecule has 1 aliphatic rings. The smallest absolute Gasteiger partial charge is 0.231 e. The first-order valence-electron chi connectivity index (χ1n) is 7.17. The number of hydrogen-bond acceptors (Lipinski definition) is 7. The number of ether oxygens (including phenoxy) is 2. The summed E-state index contributed by atoms with van der Waals surface area (Å²) < 4.78 is 12.6. The average molecular weight is 402 g/mol. The summed E-state index contributed by atoms with van der Waals surface area (Å²) in [6, 6.07) is 7.47. The topological polar surface area (TPSA) is 130 Å². The van der Waals surface area contributed by atoms with Gasteiger partial charge in [-0.3, -0.25) is 0 Å². The van der Waals surface area contributed by atoms with Crippen LogP contribution in [-0.2, 0) is 6.54 Å². The van der Waals surface area contributed by atoms with E-state index >= 15 is 0 Å². The van der Waals surface area contributed by atoms with Crippen LogP contribution >= 0.6 is 15.9 Å². The number of aliphatic hydroxyl groups excluding tert-OH is 1. The van der Waals surface area contributed by atoms with Crippen molar-refractivity contribution >= 4 is 33.4 Å². The molecule has 126 valence electrons. The molecule has 3 rings (SSSR count). The minimum absolute atomic E-state index is 0.0955. The number of nitrogen functional groups attached to an aromatic ring is 1. The standard InChI is InChI=1S/C16H12BrN5O3/c17-12-5-14-13(24-8-25-14)4-9(12)3-10(6-18)15-11(7-19)16(20)22(21-15)1-2-23/h3-5,23H,1-2,8,20H2. The molecular weight excluding hydrogens is 390 g/mol. The predicted molar refractivity (Wildman–Crippen MR) is 92.2 cm³/mol. The molecule has 1 aromatic carbocycles. The molecule has 0 spiro atoms. The van der Waals surface area contributed by atoms with Gasteiger partial charge in [-0.15, -0.1) is 0 Å². The summed E-state index contributed by atoms with van der Waals surface area (Å²) in [5.41, 5.74) is 6.97. The van der Waals surface area contributed by atoms with Crippen molar-refractivity contribution in [2.24, 2.45) is 0 Å². The van der Waals surface area contributed by atoms with Crippen LogP contribution in [0.2, 0.25) is 0 Å². The highest BCUT2D eigenvalue weighted by atomic mass is 79.9. The Bertz CT molecular complexity index is 952. The van der Waals surface area contributed by atoms with Gasteiger partial charge in [-0.2, -0.15) is 15.6 Å². The van der Waals surface area contributed by atoms with Crippen LogP contribution in [0.1, 0.15) is 16.8 Å². The van der Waals surface area contributed by atoms with Crippen molar-refractivity contribution in [3.05, 3.63) is 33.4 Å². The first kappa shape index (κ1) is 16.8. The molecule has 0 bridgehead atoms. The summed E-state index contributed by atoms with van der Waals surface area (Å²) in [6.45, 7) is 0.0865. The number of rotatable bonds is 4. The molecule has 8 nitrogen and oxygen atoms in total. The Morgan fingerprint density at radius 3 is 2.76 bits per heavy atom. The van der Waals surface area contributed by atoms with E-state index in [1.807, 2.05) is 12.1 Å². The molecular formula is C16H12BrN5O3. The molecule has 0 atom stereocenters. The Labute approximate surface area is 151 Å². The van der Waals surface area contributed by atoms with E-state index in [1.165, 1.54) is 4.68 Å². The minimum Gasteiger partial charge on any atom is -0.454 e. The van der Waals surface area contributed by atoms with E-state index in [0.29, 0.717) is 21.5 Å². The molecule has 25 heavy (non-hydrogen) atoms. The van der Waals surface area contributed by atoms with Crippen LogP contribution in [0.15, 0.2) is 16.6 Å². The number of aliphatic hydroxyl groups is 1.